The number of benzene rings is 2. The fraction of sp³-hybridized carbons (Fsp3) is 0.323. The number of amides is 1. The molecule has 218 valence electrons. The summed E-state index contributed by atoms with van der Waals surface area (Å²) in [6, 6.07) is 15.1. The summed E-state index contributed by atoms with van der Waals surface area (Å²) < 4.78 is 29.2. The van der Waals surface area contributed by atoms with Crippen molar-refractivity contribution in [2.45, 2.75) is 51.5 Å². The second-order valence-electron chi connectivity index (χ2n) is 11.7. The van der Waals surface area contributed by atoms with Crippen molar-refractivity contribution in [3.63, 3.8) is 0 Å². The number of halogens is 1. The largest absolute Gasteiger partial charge is 0.458 e. The number of furan rings is 1. The molecule has 0 aliphatic carbocycles. The standard InChI is InChI=1S/C31H30ClN3O6S/c1-29(2,3)40-28(36)34-31(16-37-30(4,5)38-17-31)25-14-21-12-18(7-9-24(21)39-25)26-33-27(41-35-26)19-6-8-22(23(32)13-19)20-10-11-42-15-20/h6-15H,16-17H2,1-5H3,(H,34,36). The Labute approximate surface area is 251 Å². The van der Waals surface area contributed by atoms with Gasteiger partial charge in [-0.05, 0) is 93.4 Å². The lowest BCUT2D eigenvalue weighted by Crippen LogP contribution is -2.59. The third kappa shape index (κ3) is 5.80. The number of carbonyl (C=O) groups excluding carboxylic acids is 1. The smallest absolute Gasteiger partial charge is 0.408 e. The highest BCUT2D eigenvalue weighted by Crippen LogP contribution is 2.37. The van der Waals surface area contributed by atoms with Crippen LogP contribution in [0.4, 0.5) is 4.79 Å². The van der Waals surface area contributed by atoms with Crippen molar-refractivity contribution >= 4 is 40.0 Å². The van der Waals surface area contributed by atoms with Crippen LogP contribution in [0.3, 0.4) is 0 Å². The van der Waals surface area contributed by atoms with Crippen LogP contribution in [-0.2, 0) is 19.7 Å². The zero-order valence-electron chi connectivity index (χ0n) is 23.8. The van der Waals surface area contributed by atoms with Gasteiger partial charge >= 0.3 is 6.09 Å². The van der Waals surface area contributed by atoms with Crippen molar-refractivity contribution in [3.05, 3.63) is 70.1 Å². The molecule has 42 heavy (non-hydrogen) atoms. The molecule has 1 amide bonds. The Bertz CT molecular complexity index is 1740. The lowest BCUT2D eigenvalue weighted by Gasteiger charge is -2.42. The van der Waals surface area contributed by atoms with Crippen LogP contribution in [0.25, 0.3) is 44.9 Å². The van der Waals surface area contributed by atoms with Gasteiger partial charge in [-0.3, -0.25) is 0 Å². The van der Waals surface area contributed by atoms with Gasteiger partial charge in [0.15, 0.2) is 5.79 Å². The number of carbonyl (C=O) groups is 1. The van der Waals surface area contributed by atoms with Gasteiger partial charge in [0.1, 0.15) is 22.5 Å². The van der Waals surface area contributed by atoms with E-state index in [1.807, 2.05) is 73.1 Å². The maximum atomic E-state index is 12.8. The summed E-state index contributed by atoms with van der Waals surface area (Å²) in [4.78, 5) is 17.4. The molecule has 0 radical (unpaired) electrons. The molecule has 11 heteroatoms. The maximum Gasteiger partial charge on any atom is 0.408 e. The molecule has 0 unspecified atom stereocenters. The molecule has 2 aromatic carbocycles. The number of nitrogens with zero attached hydrogens (tertiary/aromatic N) is 2. The van der Waals surface area contributed by atoms with E-state index in [4.69, 9.17) is 34.8 Å². The molecule has 3 aromatic heterocycles. The van der Waals surface area contributed by atoms with Crippen LogP contribution < -0.4 is 5.32 Å². The predicted octanol–water partition coefficient (Wildman–Crippen LogP) is 8.03. The highest BCUT2D eigenvalue weighted by molar-refractivity contribution is 7.08. The second kappa shape index (κ2) is 10.5. The molecule has 0 atom stereocenters. The van der Waals surface area contributed by atoms with Gasteiger partial charge in [-0.15, -0.1) is 0 Å². The molecule has 1 saturated heterocycles. The summed E-state index contributed by atoms with van der Waals surface area (Å²) in [6.45, 7) is 9.31. The molecule has 5 aromatic rings. The Kier molecular flexibility index (Phi) is 7.13. The van der Waals surface area contributed by atoms with Crippen molar-refractivity contribution in [3.8, 4) is 34.0 Å². The van der Waals surface area contributed by atoms with Crippen molar-refractivity contribution in [1.82, 2.24) is 15.5 Å². The minimum absolute atomic E-state index is 0.133. The van der Waals surface area contributed by atoms with Crippen LogP contribution in [0.15, 0.2) is 68.2 Å². The van der Waals surface area contributed by atoms with E-state index >= 15 is 0 Å². The summed E-state index contributed by atoms with van der Waals surface area (Å²) in [5.41, 5.74) is 2.31. The highest BCUT2D eigenvalue weighted by atomic mass is 35.5. The Balaban J connectivity index is 1.28. The molecular formula is C31H30ClN3O6S. The van der Waals surface area contributed by atoms with Gasteiger partial charge in [-0.25, -0.2) is 4.79 Å². The maximum absolute atomic E-state index is 12.8. The number of hydrogen-bond acceptors (Lipinski definition) is 9. The van der Waals surface area contributed by atoms with Crippen LogP contribution in [0.1, 0.15) is 40.4 Å². The van der Waals surface area contributed by atoms with E-state index < -0.39 is 23.0 Å². The zero-order valence-corrected chi connectivity index (χ0v) is 25.4. The first-order chi connectivity index (χ1) is 19.9. The molecule has 6 rings (SSSR count). The first-order valence-corrected chi connectivity index (χ1v) is 14.7. The van der Waals surface area contributed by atoms with Crippen LogP contribution in [0, 0.1) is 0 Å². The first-order valence-electron chi connectivity index (χ1n) is 13.4. The Morgan fingerprint density at radius 3 is 2.48 bits per heavy atom. The molecule has 0 bridgehead atoms. The van der Waals surface area contributed by atoms with E-state index in [0.29, 0.717) is 28.1 Å². The molecule has 0 saturated carbocycles. The first kappa shape index (κ1) is 28.4. The summed E-state index contributed by atoms with van der Waals surface area (Å²) in [7, 11) is 0. The monoisotopic (exact) mass is 607 g/mol. The quantitative estimate of drug-likeness (QED) is 0.214. The van der Waals surface area contributed by atoms with Crippen LogP contribution in [0.2, 0.25) is 5.02 Å². The molecule has 1 aliphatic heterocycles. The van der Waals surface area contributed by atoms with E-state index in [0.717, 1.165) is 27.6 Å². The molecule has 1 N–H and O–H groups in total. The van der Waals surface area contributed by atoms with Crippen molar-refractivity contribution < 1.29 is 27.9 Å². The average molecular weight is 608 g/mol. The number of aromatic nitrogens is 2. The zero-order chi connectivity index (χ0) is 29.7. The molecule has 1 aliphatic rings. The van der Waals surface area contributed by atoms with E-state index in [2.05, 4.69) is 15.5 Å². The minimum atomic E-state index is -1.09. The number of ether oxygens (including phenoxy) is 3. The summed E-state index contributed by atoms with van der Waals surface area (Å²) in [5.74, 6) is 0.449. The summed E-state index contributed by atoms with van der Waals surface area (Å²) in [6.07, 6.45) is -0.599. The number of nitrogens with one attached hydrogen (secondary N) is 1. The Hall–Kier alpha value is -3.70. The second-order valence-corrected chi connectivity index (χ2v) is 12.9. The highest BCUT2D eigenvalue weighted by Gasteiger charge is 2.46. The number of alkyl carbamates (subject to hydrolysis) is 1. The normalized spacial score (nSPS) is 16.4. The molecular weight excluding hydrogens is 578 g/mol. The third-order valence-electron chi connectivity index (χ3n) is 6.79. The van der Waals surface area contributed by atoms with Crippen LogP contribution in [-0.4, -0.2) is 40.8 Å². The van der Waals surface area contributed by atoms with E-state index in [1.54, 1.807) is 32.1 Å². The van der Waals surface area contributed by atoms with Crippen molar-refractivity contribution in [2.75, 3.05) is 13.2 Å². The molecule has 0 spiro atoms. The van der Waals surface area contributed by atoms with Crippen LogP contribution >= 0.6 is 22.9 Å². The summed E-state index contributed by atoms with van der Waals surface area (Å²) >= 11 is 8.18. The van der Waals surface area contributed by atoms with E-state index in [1.165, 1.54) is 0 Å². The fourth-order valence-corrected chi connectivity index (χ4v) is 5.57. The van der Waals surface area contributed by atoms with Gasteiger partial charge in [-0.2, -0.15) is 16.3 Å². The lowest BCUT2D eigenvalue weighted by atomic mass is 9.96. The van der Waals surface area contributed by atoms with Gasteiger partial charge in [0.25, 0.3) is 5.89 Å². The topological polar surface area (TPSA) is 109 Å². The number of fused-ring (bicyclic) bond motifs is 1. The predicted molar refractivity (Wildman–Crippen MR) is 160 cm³/mol. The van der Waals surface area contributed by atoms with E-state index in [-0.39, 0.29) is 13.2 Å². The Morgan fingerprint density at radius 1 is 1.02 bits per heavy atom. The SMILES string of the molecule is CC(C)(C)OC(=O)NC1(c2cc3cc(-c4noc(-c5ccc(-c6ccsc6)c(Cl)c5)n4)ccc3o2)COC(C)(C)OC1. The van der Waals surface area contributed by atoms with Gasteiger partial charge < -0.3 is 28.5 Å². The molecule has 9 nitrogen and oxygen atoms in total. The van der Waals surface area contributed by atoms with Crippen LogP contribution in [0.5, 0.6) is 0 Å². The minimum Gasteiger partial charge on any atom is -0.458 e. The number of rotatable bonds is 5. The van der Waals surface area contributed by atoms with Gasteiger partial charge in [0.2, 0.25) is 5.82 Å². The third-order valence-corrected chi connectivity index (χ3v) is 7.79. The average Bonchev–Trinajstić information content (AvgIpc) is 3.69. The molecule has 4 heterocycles. The number of thiophene rings is 1. The van der Waals surface area contributed by atoms with Gasteiger partial charge in [0, 0.05) is 27.1 Å². The van der Waals surface area contributed by atoms with Crippen molar-refractivity contribution in [2.24, 2.45) is 0 Å². The Morgan fingerprint density at radius 2 is 1.79 bits per heavy atom. The van der Waals surface area contributed by atoms with Crippen molar-refractivity contribution in [1.29, 1.82) is 0 Å². The summed E-state index contributed by atoms with van der Waals surface area (Å²) in [5, 5.41) is 12.6. The van der Waals surface area contributed by atoms with E-state index in [9.17, 15) is 4.79 Å². The molecule has 1 fully saturated rings. The van der Waals surface area contributed by atoms with Gasteiger partial charge in [0.05, 0.1) is 13.2 Å². The fourth-order valence-electron chi connectivity index (χ4n) is 4.63. The van der Waals surface area contributed by atoms with Gasteiger partial charge in [-0.1, -0.05) is 22.8 Å². The lowest BCUT2D eigenvalue weighted by molar-refractivity contribution is -0.274. The number of hydrogen-bond donors (Lipinski definition) is 1.